The highest BCUT2D eigenvalue weighted by Gasteiger charge is 2.21. The van der Waals surface area contributed by atoms with Crippen LogP contribution in [-0.2, 0) is 21.0 Å². The molecule has 0 bridgehead atoms. The van der Waals surface area contributed by atoms with E-state index in [2.05, 4.69) is 17.5 Å². The van der Waals surface area contributed by atoms with Gasteiger partial charge >= 0.3 is 5.97 Å². The largest absolute Gasteiger partial charge is 0.481 e. The van der Waals surface area contributed by atoms with Crippen LogP contribution in [-0.4, -0.2) is 36.6 Å². The number of rotatable bonds is 11. The molecule has 1 aliphatic carbocycles. The molecule has 2 N–H and O–H groups in total. The first-order chi connectivity index (χ1) is 14.6. The Labute approximate surface area is 177 Å². The number of carboxylic acids is 1. The first-order valence-electron chi connectivity index (χ1n) is 10.6. The van der Waals surface area contributed by atoms with Crippen molar-refractivity contribution in [3.05, 3.63) is 70.5 Å². The van der Waals surface area contributed by atoms with Crippen molar-refractivity contribution in [3.63, 3.8) is 0 Å². The second-order valence-electron chi connectivity index (χ2n) is 7.56. The van der Waals surface area contributed by atoms with E-state index in [-0.39, 0.29) is 12.2 Å². The Morgan fingerprint density at radius 3 is 2.83 bits per heavy atom. The molecule has 0 saturated heterocycles. The molecular weight excluding hydrogens is 382 g/mol. The molecule has 0 amide bonds. The Morgan fingerprint density at radius 1 is 1.10 bits per heavy atom. The maximum Gasteiger partial charge on any atom is 0.303 e. The number of fused-ring (bicyclic) bond motifs is 1. The third-order valence-corrected chi connectivity index (χ3v) is 5.17. The van der Waals surface area contributed by atoms with Gasteiger partial charge in [-0.05, 0) is 68.5 Å². The van der Waals surface area contributed by atoms with E-state index in [4.69, 9.17) is 14.9 Å². The Kier molecular flexibility index (Phi) is 8.41. The summed E-state index contributed by atoms with van der Waals surface area (Å²) in [5, 5.41) is 12.0. The number of aryl methyl sites for hydroxylation is 1. The lowest BCUT2D eigenvalue weighted by Crippen LogP contribution is -2.17. The van der Waals surface area contributed by atoms with E-state index < -0.39 is 5.97 Å². The summed E-state index contributed by atoms with van der Waals surface area (Å²) in [6, 6.07) is 7.84. The predicted molar refractivity (Wildman–Crippen MR) is 114 cm³/mol. The SMILES string of the molecule is O=C(O)CCCCNCCCc1cccc(C(=O)C2=CC=C3OOCCC=C3C2)c1. The number of aliphatic carboxylic acids is 1. The molecule has 0 spiro atoms. The molecule has 0 aromatic heterocycles. The number of ketones is 1. The van der Waals surface area contributed by atoms with E-state index >= 15 is 0 Å². The van der Waals surface area contributed by atoms with Gasteiger partial charge in [0.1, 0.15) is 0 Å². The van der Waals surface area contributed by atoms with Crippen LogP contribution in [0.4, 0.5) is 0 Å². The number of carbonyl (C=O) groups is 2. The summed E-state index contributed by atoms with van der Waals surface area (Å²) in [4.78, 5) is 33.8. The van der Waals surface area contributed by atoms with Crippen LogP contribution in [0.15, 0.2) is 59.4 Å². The predicted octanol–water partition coefficient (Wildman–Crippen LogP) is 4.14. The van der Waals surface area contributed by atoms with Gasteiger partial charge in [0, 0.05) is 24.0 Å². The van der Waals surface area contributed by atoms with Crippen LogP contribution in [0.25, 0.3) is 0 Å². The third kappa shape index (κ3) is 6.68. The molecule has 3 rings (SSSR count). The van der Waals surface area contributed by atoms with Gasteiger partial charge in [-0.15, -0.1) is 0 Å². The van der Waals surface area contributed by atoms with Crippen molar-refractivity contribution in [3.8, 4) is 0 Å². The lowest BCUT2D eigenvalue weighted by atomic mass is 9.91. The summed E-state index contributed by atoms with van der Waals surface area (Å²) in [5.74, 6) is 0.00114. The Morgan fingerprint density at radius 2 is 1.97 bits per heavy atom. The van der Waals surface area contributed by atoms with Gasteiger partial charge in [0.05, 0.1) is 6.61 Å². The Bertz CT molecular complexity index is 853. The number of benzene rings is 1. The fourth-order valence-electron chi connectivity index (χ4n) is 3.55. The lowest BCUT2D eigenvalue weighted by molar-refractivity contribution is -0.255. The average molecular weight is 411 g/mol. The first-order valence-corrected chi connectivity index (χ1v) is 10.6. The fraction of sp³-hybridized carbons (Fsp3) is 0.417. The standard InChI is InChI=1S/C24H29NO5/c26-23(27)10-1-2-13-25-14-4-7-18-6-3-8-20(16-18)24(28)21-11-12-22-19(17-21)9-5-15-29-30-22/h3,6,8-9,11-12,16,25H,1-2,4-5,7,10,13-15,17H2,(H,26,27). The van der Waals surface area contributed by atoms with Crippen molar-refractivity contribution in [1.29, 1.82) is 0 Å². The van der Waals surface area contributed by atoms with Gasteiger partial charge in [0.15, 0.2) is 11.5 Å². The third-order valence-electron chi connectivity index (χ3n) is 5.17. The Hall–Kier alpha value is -2.70. The summed E-state index contributed by atoms with van der Waals surface area (Å²) in [5.41, 5.74) is 3.62. The molecule has 0 fully saturated rings. The van der Waals surface area contributed by atoms with Crippen LogP contribution in [0.2, 0.25) is 0 Å². The molecule has 1 aromatic carbocycles. The molecule has 2 aliphatic rings. The molecule has 6 heteroatoms. The highest BCUT2D eigenvalue weighted by Crippen LogP contribution is 2.29. The number of carbonyl (C=O) groups excluding carboxylic acids is 1. The van der Waals surface area contributed by atoms with Crippen LogP contribution in [0, 0.1) is 0 Å². The van der Waals surface area contributed by atoms with Crippen molar-refractivity contribution < 1.29 is 24.5 Å². The van der Waals surface area contributed by atoms with Crippen molar-refractivity contribution in [2.24, 2.45) is 0 Å². The van der Waals surface area contributed by atoms with Crippen molar-refractivity contribution >= 4 is 11.8 Å². The summed E-state index contributed by atoms with van der Waals surface area (Å²) >= 11 is 0. The minimum atomic E-state index is -0.738. The number of Topliss-reactive ketones (excluding diaryl/α,β-unsaturated/α-hetero) is 1. The molecule has 30 heavy (non-hydrogen) atoms. The number of carboxylic acid groups (broad SMARTS) is 1. The van der Waals surface area contributed by atoms with Gasteiger partial charge in [-0.3, -0.25) is 9.59 Å². The van der Waals surface area contributed by atoms with Gasteiger partial charge in [0.25, 0.3) is 0 Å². The molecule has 0 unspecified atom stereocenters. The second-order valence-corrected chi connectivity index (χ2v) is 7.56. The normalized spacial score (nSPS) is 15.8. The lowest BCUT2D eigenvalue weighted by Gasteiger charge is -2.15. The summed E-state index contributed by atoms with van der Waals surface area (Å²) in [6.07, 6.45) is 10.7. The number of allylic oxidation sites excluding steroid dienone is 4. The molecule has 1 aliphatic heterocycles. The van der Waals surface area contributed by atoms with Crippen LogP contribution in [0.1, 0.15) is 54.4 Å². The average Bonchev–Trinajstić information content (AvgIpc) is 3.00. The molecule has 0 saturated carbocycles. The van der Waals surface area contributed by atoms with E-state index in [1.54, 1.807) is 6.08 Å². The van der Waals surface area contributed by atoms with Crippen LogP contribution >= 0.6 is 0 Å². The maximum absolute atomic E-state index is 13.0. The quantitative estimate of drug-likeness (QED) is 0.323. The van der Waals surface area contributed by atoms with E-state index in [9.17, 15) is 9.59 Å². The number of nitrogens with one attached hydrogen (secondary N) is 1. The minimum absolute atomic E-state index is 0.0507. The monoisotopic (exact) mass is 411 g/mol. The number of unbranched alkanes of at least 4 members (excludes halogenated alkanes) is 1. The molecule has 6 nitrogen and oxygen atoms in total. The van der Waals surface area contributed by atoms with Crippen LogP contribution < -0.4 is 5.32 Å². The van der Waals surface area contributed by atoms with Crippen LogP contribution in [0.5, 0.6) is 0 Å². The smallest absolute Gasteiger partial charge is 0.303 e. The maximum atomic E-state index is 13.0. The van der Waals surface area contributed by atoms with Gasteiger partial charge in [-0.25, -0.2) is 0 Å². The summed E-state index contributed by atoms with van der Waals surface area (Å²) < 4.78 is 0. The van der Waals surface area contributed by atoms with Crippen molar-refractivity contribution in [1.82, 2.24) is 5.32 Å². The van der Waals surface area contributed by atoms with Gasteiger partial charge < -0.3 is 15.3 Å². The zero-order valence-electron chi connectivity index (χ0n) is 17.2. The molecule has 0 atom stereocenters. The summed E-state index contributed by atoms with van der Waals surface area (Å²) in [7, 11) is 0. The van der Waals surface area contributed by atoms with Crippen molar-refractivity contribution in [2.75, 3.05) is 19.7 Å². The topological polar surface area (TPSA) is 84.9 Å². The van der Waals surface area contributed by atoms with E-state index in [1.165, 1.54) is 0 Å². The van der Waals surface area contributed by atoms with E-state index in [0.29, 0.717) is 30.8 Å². The van der Waals surface area contributed by atoms with Gasteiger partial charge in [-0.2, -0.15) is 4.89 Å². The zero-order valence-corrected chi connectivity index (χ0v) is 17.2. The molecule has 1 heterocycles. The molecule has 160 valence electrons. The molecular formula is C24H29NO5. The fourth-order valence-corrected chi connectivity index (χ4v) is 3.55. The van der Waals surface area contributed by atoms with Gasteiger partial charge in [0.2, 0.25) is 0 Å². The highest BCUT2D eigenvalue weighted by molar-refractivity contribution is 6.09. The minimum Gasteiger partial charge on any atom is -0.481 e. The van der Waals surface area contributed by atoms with E-state index in [1.807, 2.05) is 24.3 Å². The zero-order chi connectivity index (χ0) is 21.2. The molecule has 0 radical (unpaired) electrons. The number of hydrogen-bond donors (Lipinski definition) is 2. The Balaban J connectivity index is 1.47. The molecule has 1 aromatic rings. The van der Waals surface area contributed by atoms with Gasteiger partial charge in [-0.1, -0.05) is 30.4 Å². The first kappa shape index (κ1) is 22.0. The number of hydrogen-bond acceptors (Lipinski definition) is 5. The summed E-state index contributed by atoms with van der Waals surface area (Å²) in [6.45, 7) is 2.23. The van der Waals surface area contributed by atoms with E-state index in [0.717, 1.165) is 55.5 Å². The van der Waals surface area contributed by atoms with Crippen LogP contribution in [0.3, 0.4) is 0 Å². The second kappa shape index (κ2) is 11.5. The highest BCUT2D eigenvalue weighted by atomic mass is 17.2. The van der Waals surface area contributed by atoms with Crippen molar-refractivity contribution in [2.45, 2.75) is 44.9 Å².